The van der Waals surface area contributed by atoms with Gasteiger partial charge in [0, 0.05) is 19.0 Å². The van der Waals surface area contributed by atoms with E-state index in [0.717, 1.165) is 32.1 Å². The fraction of sp³-hybridized carbons (Fsp3) is 0.846. The van der Waals surface area contributed by atoms with E-state index in [-0.39, 0.29) is 18.0 Å². The summed E-state index contributed by atoms with van der Waals surface area (Å²) < 4.78 is 0. The molecule has 2 rings (SSSR count). The van der Waals surface area contributed by atoms with Gasteiger partial charge in [-0.3, -0.25) is 9.69 Å². The lowest BCUT2D eigenvalue weighted by Crippen LogP contribution is -2.47. The van der Waals surface area contributed by atoms with Gasteiger partial charge < -0.3 is 5.32 Å². The van der Waals surface area contributed by atoms with E-state index >= 15 is 0 Å². The Balaban J connectivity index is 1.86. The molecule has 3 amide bonds. The van der Waals surface area contributed by atoms with Gasteiger partial charge in [-0.25, -0.2) is 4.79 Å². The number of hydrogen-bond donors (Lipinski definition) is 1. The SMILES string of the molecule is O=C1CCCCCN1C(=O)NC1CCCCC1. The van der Waals surface area contributed by atoms with Crippen LogP contribution in [0.25, 0.3) is 0 Å². The molecule has 0 aromatic carbocycles. The van der Waals surface area contributed by atoms with E-state index in [2.05, 4.69) is 5.32 Å². The lowest BCUT2D eigenvalue weighted by molar-refractivity contribution is -0.127. The van der Waals surface area contributed by atoms with Crippen LogP contribution in [-0.4, -0.2) is 29.4 Å². The van der Waals surface area contributed by atoms with Crippen molar-refractivity contribution in [3.8, 4) is 0 Å². The molecule has 0 aromatic heterocycles. The monoisotopic (exact) mass is 238 g/mol. The minimum absolute atomic E-state index is 0.00388. The van der Waals surface area contributed by atoms with Crippen LogP contribution < -0.4 is 5.32 Å². The third kappa shape index (κ3) is 3.45. The number of nitrogens with one attached hydrogen (secondary N) is 1. The van der Waals surface area contributed by atoms with E-state index in [1.165, 1.54) is 24.2 Å². The summed E-state index contributed by atoms with van der Waals surface area (Å²) in [5.74, 6) is -0.00388. The highest BCUT2D eigenvalue weighted by Crippen LogP contribution is 2.18. The molecular formula is C13H22N2O2. The van der Waals surface area contributed by atoms with Crippen LogP contribution in [0.4, 0.5) is 4.79 Å². The lowest BCUT2D eigenvalue weighted by atomic mass is 9.96. The molecule has 1 aliphatic heterocycles. The van der Waals surface area contributed by atoms with Crippen molar-refractivity contribution in [3.05, 3.63) is 0 Å². The molecule has 4 heteroatoms. The highest BCUT2D eigenvalue weighted by atomic mass is 16.2. The van der Waals surface area contributed by atoms with Crippen LogP contribution in [0, 0.1) is 0 Å². The number of rotatable bonds is 1. The van der Waals surface area contributed by atoms with E-state index in [4.69, 9.17) is 0 Å². The molecule has 0 atom stereocenters. The predicted octanol–water partition coefficient (Wildman–Crippen LogP) is 2.43. The number of carbonyl (C=O) groups is 2. The summed E-state index contributed by atoms with van der Waals surface area (Å²) in [5.41, 5.74) is 0. The van der Waals surface area contributed by atoms with Gasteiger partial charge in [-0.1, -0.05) is 25.7 Å². The maximum Gasteiger partial charge on any atom is 0.324 e. The van der Waals surface area contributed by atoms with E-state index in [1.807, 2.05) is 0 Å². The van der Waals surface area contributed by atoms with Crippen LogP contribution in [0.15, 0.2) is 0 Å². The second kappa shape index (κ2) is 6.03. The Kier molecular flexibility index (Phi) is 4.40. The number of likely N-dealkylation sites (tertiary alicyclic amines) is 1. The Hall–Kier alpha value is -1.06. The van der Waals surface area contributed by atoms with Crippen molar-refractivity contribution in [2.75, 3.05) is 6.54 Å². The molecule has 1 heterocycles. The second-order valence-electron chi connectivity index (χ2n) is 5.14. The number of nitrogens with zero attached hydrogens (tertiary/aromatic N) is 1. The molecule has 0 spiro atoms. The van der Waals surface area contributed by atoms with Gasteiger partial charge >= 0.3 is 6.03 Å². The summed E-state index contributed by atoms with van der Waals surface area (Å²) in [6.07, 6.45) is 9.24. The first-order chi connectivity index (χ1) is 8.27. The van der Waals surface area contributed by atoms with E-state index < -0.39 is 0 Å². The predicted molar refractivity (Wildman–Crippen MR) is 65.6 cm³/mol. The maximum atomic E-state index is 12.0. The van der Waals surface area contributed by atoms with E-state index in [0.29, 0.717) is 13.0 Å². The Labute approximate surface area is 103 Å². The molecule has 0 bridgehead atoms. The van der Waals surface area contributed by atoms with Crippen molar-refractivity contribution in [2.45, 2.75) is 63.8 Å². The zero-order valence-corrected chi connectivity index (χ0v) is 10.4. The van der Waals surface area contributed by atoms with Crippen molar-refractivity contribution >= 4 is 11.9 Å². The van der Waals surface area contributed by atoms with Crippen LogP contribution in [-0.2, 0) is 4.79 Å². The first kappa shape index (κ1) is 12.4. The number of amides is 3. The summed E-state index contributed by atoms with van der Waals surface area (Å²) >= 11 is 0. The Morgan fingerprint density at radius 1 is 1.06 bits per heavy atom. The smallest absolute Gasteiger partial charge is 0.324 e. The van der Waals surface area contributed by atoms with Crippen molar-refractivity contribution in [2.24, 2.45) is 0 Å². The molecule has 1 aliphatic carbocycles. The normalized spacial score (nSPS) is 23.3. The molecule has 2 aliphatic rings. The van der Waals surface area contributed by atoms with Crippen LogP contribution in [0.5, 0.6) is 0 Å². The van der Waals surface area contributed by atoms with E-state index in [1.54, 1.807) is 0 Å². The minimum Gasteiger partial charge on any atom is -0.335 e. The molecule has 0 unspecified atom stereocenters. The van der Waals surface area contributed by atoms with Gasteiger partial charge in [0.15, 0.2) is 0 Å². The maximum absolute atomic E-state index is 12.0. The zero-order valence-electron chi connectivity index (χ0n) is 10.4. The average Bonchev–Trinajstić information content (AvgIpc) is 2.55. The zero-order chi connectivity index (χ0) is 12.1. The Morgan fingerprint density at radius 3 is 2.53 bits per heavy atom. The molecular weight excluding hydrogens is 216 g/mol. The van der Waals surface area contributed by atoms with Crippen LogP contribution in [0.1, 0.15) is 57.8 Å². The summed E-state index contributed by atoms with van der Waals surface area (Å²) in [6.45, 7) is 0.595. The fourth-order valence-corrected chi connectivity index (χ4v) is 2.70. The standard InChI is InChI=1S/C13H22N2O2/c16-12-9-5-2-6-10-15(12)13(17)14-11-7-3-1-4-8-11/h11H,1-10H2,(H,14,17). The highest BCUT2D eigenvalue weighted by Gasteiger charge is 2.25. The average molecular weight is 238 g/mol. The van der Waals surface area contributed by atoms with Crippen LogP contribution in [0.2, 0.25) is 0 Å². The van der Waals surface area contributed by atoms with Gasteiger partial charge in [0.25, 0.3) is 0 Å². The van der Waals surface area contributed by atoms with Gasteiger partial charge in [0.05, 0.1) is 0 Å². The summed E-state index contributed by atoms with van der Waals surface area (Å²) in [4.78, 5) is 25.2. The summed E-state index contributed by atoms with van der Waals surface area (Å²) in [7, 11) is 0. The largest absolute Gasteiger partial charge is 0.335 e. The first-order valence-electron chi connectivity index (χ1n) is 6.88. The van der Waals surface area contributed by atoms with Crippen LogP contribution in [0.3, 0.4) is 0 Å². The first-order valence-corrected chi connectivity index (χ1v) is 6.88. The molecule has 1 N–H and O–H groups in total. The van der Waals surface area contributed by atoms with Gasteiger partial charge in [-0.05, 0) is 25.7 Å². The van der Waals surface area contributed by atoms with Gasteiger partial charge in [-0.2, -0.15) is 0 Å². The van der Waals surface area contributed by atoms with Crippen molar-refractivity contribution in [1.29, 1.82) is 0 Å². The Morgan fingerprint density at radius 2 is 1.76 bits per heavy atom. The quantitative estimate of drug-likeness (QED) is 0.762. The molecule has 96 valence electrons. The molecule has 0 radical (unpaired) electrons. The lowest BCUT2D eigenvalue weighted by Gasteiger charge is -2.26. The van der Waals surface area contributed by atoms with Crippen LogP contribution >= 0.6 is 0 Å². The van der Waals surface area contributed by atoms with Gasteiger partial charge in [0.2, 0.25) is 5.91 Å². The fourth-order valence-electron chi connectivity index (χ4n) is 2.70. The van der Waals surface area contributed by atoms with Crippen molar-refractivity contribution < 1.29 is 9.59 Å². The van der Waals surface area contributed by atoms with Gasteiger partial charge in [0.1, 0.15) is 0 Å². The van der Waals surface area contributed by atoms with Crippen molar-refractivity contribution in [1.82, 2.24) is 10.2 Å². The minimum atomic E-state index is -0.163. The van der Waals surface area contributed by atoms with Gasteiger partial charge in [-0.15, -0.1) is 0 Å². The number of hydrogen-bond acceptors (Lipinski definition) is 2. The number of urea groups is 1. The molecule has 2 fully saturated rings. The second-order valence-corrected chi connectivity index (χ2v) is 5.14. The highest BCUT2D eigenvalue weighted by molar-refractivity contribution is 5.94. The topological polar surface area (TPSA) is 49.4 Å². The molecule has 1 saturated heterocycles. The van der Waals surface area contributed by atoms with E-state index in [9.17, 15) is 9.59 Å². The third-order valence-electron chi connectivity index (χ3n) is 3.75. The third-order valence-corrected chi connectivity index (χ3v) is 3.75. The molecule has 17 heavy (non-hydrogen) atoms. The molecule has 4 nitrogen and oxygen atoms in total. The Bertz CT molecular complexity index is 285. The summed E-state index contributed by atoms with van der Waals surface area (Å²) in [6, 6.07) is 0.121. The molecule has 1 saturated carbocycles. The summed E-state index contributed by atoms with van der Waals surface area (Å²) in [5, 5.41) is 3.01. The molecule has 0 aromatic rings. The number of imide groups is 1. The number of carbonyl (C=O) groups excluding carboxylic acids is 2. The van der Waals surface area contributed by atoms with Crippen molar-refractivity contribution in [3.63, 3.8) is 0 Å².